The first-order chi connectivity index (χ1) is 12.8. The fourth-order valence-electron chi connectivity index (χ4n) is 3.43. The Bertz CT molecular complexity index is 683. The van der Waals surface area contributed by atoms with Crippen LogP contribution in [-0.2, 0) is 19.1 Å². The summed E-state index contributed by atoms with van der Waals surface area (Å²) < 4.78 is 10.6. The molecule has 27 heavy (non-hydrogen) atoms. The molecule has 0 saturated carbocycles. The second-order valence-electron chi connectivity index (χ2n) is 7.40. The molecule has 5 nitrogen and oxygen atoms in total. The van der Waals surface area contributed by atoms with Crippen molar-refractivity contribution in [2.24, 2.45) is 5.92 Å². The maximum absolute atomic E-state index is 12.0. The Morgan fingerprint density at radius 1 is 1.26 bits per heavy atom. The molecule has 0 aromatic heterocycles. The number of carbonyl (C=O) groups is 2. The van der Waals surface area contributed by atoms with Crippen molar-refractivity contribution in [1.29, 1.82) is 0 Å². The highest BCUT2D eigenvalue weighted by molar-refractivity contribution is 5.91. The third-order valence-electron chi connectivity index (χ3n) is 5.21. The van der Waals surface area contributed by atoms with Gasteiger partial charge in [-0.25, -0.2) is 4.79 Å². The fourth-order valence-corrected chi connectivity index (χ4v) is 3.43. The molecular formula is C22H30O5. The lowest BCUT2D eigenvalue weighted by Gasteiger charge is -2.23. The molecule has 1 N–H and O–H groups in total. The van der Waals surface area contributed by atoms with Crippen LogP contribution in [-0.4, -0.2) is 35.9 Å². The largest absolute Gasteiger partial charge is 0.461 e. The summed E-state index contributed by atoms with van der Waals surface area (Å²) >= 11 is 0. The normalized spacial score (nSPS) is 33.3. The van der Waals surface area contributed by atoms with Gasteiger partial charge in [0.1, 0.15) is 18.8 Å². The first-order valence-electron chi connectivity index (χ1n) is 9.51. The molecule has 3 atom stereocenters. The standard InChI is InChI=1S/C22H30O5/c1-14-7-5-9-15(2)20(24)21-19(16(3)22(25)27-21)12-11-18(10-6-8-14)13-26-17(4)23/h8-9,11,19-21,24H,3,5-7,10,12-13H2,1-2,4H3/b14-8+,15-9+,18-11+/t19-,20-,21-/m1/s1. The Kier molecular flexibility index (Phi) is 7.60. The summed E-state index contributed by atoms with van der Waals surface area (Å²) in [6.07, 6.45) is 8.63. The molecule has 1 fully saturated rings. The number of hydrogen-bond donors (Lipinski definition) is 1. The van der Waals surface area contributed by atoms with Crippen molar-refractivity contribution in [2.75, 3.05) is 6.61 Å². The molecule has 0 amide bonds. The third-order valence-corrected chi connectivity index (χ3v) is 5.21. The molecule has 148 valence electrons. The van der Waals surface area contributed by atoms with Crippen LogP contribution in [0.1, 0.15) is 52.9 Å². The minimum atomic E-state index is -0.851. The molecule has 0 radical (unpaired) electrons. The van der Waals surface area contributed by atoms with Crippen molar-refractivity contribution < 1.29 is 24.2 Å². The van der Waals surface area contributed by atoms with E-state index < -0.39 is 18.2 Å². The second-order valence-corrected chi connectivity index (χ2v) is 7.40. The van der Waals surface area contributed by atoms with Gasteiger partial charge in [-0.05, 0) is 57.1 Å². The van der Waals surface area contributed by atoms with Crippen LogP contribution in [0, 0.1) is 5.92 Å². The molecular weight excluding hydrogens is 344 g/mol. The third kappa shape index (κ3) is 5.93. The molecule has 2 rings (SSSR count). The highest BCUT2D eigenvalue weighted by Crippen LogP contribution is 2.34. The Labute approximate surface area is 161 Å². The van der Waals surface area contributed by atoms with Gasteiger partial charge in [-0.2, -0.15) is 0 Å². The van der Waals surface area contributed by atoms with Gasteiger partial charge >= 0.3 is 11.9 Å². The fraction of sp³-hybridized carbons (Fsp3) is 0.545. The summed E-state index contributed by atoms with van der Waals surface area (Å²) in [7, 11) is 0. The zero-order chi connectivity index (χ0) is 20.0. The highest BCUT2D eigenvalue weighted by atomic mass is 16.6. The molecule has 1 saturated heterocycles. The molecule has 1 aliphatic heterocycles. The van der Waals surface area contributed by atoms with E-state index in [9.17, 15) is 14.7 Å². The number of carbonyl (C=O) groups excluding carboxylic acids is 2. The molecule has 0 bridgehead atoms. The van der Waals surface area contributed by atoms with Gasteiger partial charge in [0, 0.05) is 18.4 Å². The van der Waals surface area contributed by atoms with Crippen LogP contribution in [0.4, 0.5) is 0 Å². The monoisotopic (exact) mass is 374 g/mol. The van der Waals surface area contributed by atoms with E-state index in [1.165, 1.54) is 12.5 Å². The van der Waals surface area contributed by atoms with Crippen LogP contribution in [0.25, 0.3) is 0 Å². The van der Waals surface area contributed by atoms with Crippen molar-refractivity contribution >= 4 is 11.9 Å². The maximum atomic E-state index is 12.0. The van der Waals surface area contributed by atoms with E-state index in [-0.39, 0.29) is 18.5 Å². The van der Waals surface area contributed by atoms with Gasteiger partial charge in [-0.3, -0.25) is 4.79 Å². The summed E-state index contributed by atoms with van der Waals surface area (Å²) in [6, 6.07) is 0. The van der Waals surface area contributed by atoms with E-state index in [1.807, 2.05) is 19.1 Å². The Morgan fingerprint density at radius 2 is 1.96 bits per heavy atom. The van der Waals surface area contributed by atoms with E-state index in [4.69, 9.17) is 9.47 Å². The van der Waals surface area contributed by atoms with Crippen molar-refractivity contribution in [3.8, 4) is 0 Å². The minimum absolute atomic E-state index is 0.238. The highest BCUT2D eigenvalue weighted by Gasteiger charge is 2.42. The van der Waals surface area contributed by atoms with Crippen LogP contribution >= 0.6 is 0 Å². The van der Waals surface area contributed by atoms with E-state index in [0.717, 1.165) is 36.8 Å². The van der Waals surface area contributed by atoms with Crippen LogP contribution in [0.3, 0.4) is 0 Å². The van der Waals surface area contributed by atoms with Gasteiger partial charge in [0.05, 0.1) is 0 Å². The summed E-state index contributed by atoms with van der Waals surface area (Å²) in [5.41, 5.74) is 3.48. The predicted octanol–water partition coefficient (Wildman–Crippen LogP) is 3.79. The number of aliphatic hydroxyl groups excluding tert-OH is 1. The van der Waals surface area contributed by atoms with Crippen molar-refractivity contribution in [1.82, 2.24) is 0 Å². The Balaban J connectivity index is 2.29. The van der Waals surface area contributed by atoms with Crippen LogP contribution in [0.5, 0.6) is 0 Å². The van der Waals surface area contributed by atoms with Gasteiger partial charge < -0.3 is 14.6 Å². The van der Waals surface area contributed by atoms with Gasteiger partial charge in [0.25, 0.3) is 0 Å². The molecule has 1 heterocycles. The number of fused-ring (bicyclic) bond motifs is 1. The lowest BCUT2D eigenvalue weighted by atomic mass is 9.87. The zero-order valence-electron chi connectivity index (χ0n) is 16.5. The Morgan fingerprint density at radius 3 is 2.67 bits per heavy atom. The van der Waals surface area contributed by atoms with Crippen LogP contribution in [0.15, 0.2) is 47.1 Å². The average Bonchev–Trinajstić information content (AvgIpc) is 2.90. The predicted molar refractivity (Wildman–Crippen MR) is 104 cm³/mol. The summed E-state index contributed by atoms with van der Waals surface area (Å²) in [4.78, 5) is 23.2. The topological polar surface area (TPSA) is 72.8 Å². The lowest BCUT2D eigenvalue weighted by molar-refractivity contribution is -0.143. The summed E-state index contributed by atoms with van der Waals surface area (Å²) in [6.45, 7) is 9.45. The van der Waals surface area contributed by atoms with E-state index >= 15 is 0 Å². The molecule has 0 spiro atoms. The number of allylic oxidation sites excluding steroid dienone is 4. The smallest absolute Gasteiger partial charge is 0.334 e. The molecule has 0 unspecified atom stereocenters. The number of hydrogen-bond acceptors (Lipinski definition) is 5. The quantitative estimate of drug-likeness (QED) is 0.452. The van der Waals surface area contributed by atoms with E-state index in [1.54, 1.807) is 0 Å². The van der Waals surface area contributed by atoms with Gasteiger partial charge in [-0.1, -0.05) is 30.4 Å². The maximum Gasteiger partial charge on any atom is 0.334 e. The molecule has 2 aliphatic rings. The zero-order valence-corrected chi connectivity index (χ0v) is 16.5. The van der Waals surface area contributed by atoms with Crippen LogP contribution < -0.4 is 0 Å². The van der Waals surface area contributed by atoms with Gasteiger partial charge in [-0.15, -0.1) is 0 Å². The van der Waals surface area contributed by atoms with Gasteiger partial charge in [0.2, 0.25) is 0 Å². The molecule has 5 heteroatoms. The number of rotatable bonds is 2. The summed E-state index contributed by atoms with van der Waals surface area (Å²) in [5, 5.41) is 10.7. The minimum Gasteiger partial charge on any atom is -0.461 e. The van der Waals surface area contributed by atoms with E-state index in [0.29, 0.717) is 12.0 Å². The molecule has 0 aromatic carbocycles. The number of aliphatic hydroxyl groups is 1. The molecule has 1 aliphatic carbocycles. The SMILES string of the molecule is C=C1C(=O)O[C@@H]2[C@@H]1C/C=C(/COC(C)=O)CC/C=C(\C)CC/C=C(\C)[C@H]2O. The lowest BCUT2D eigenvalue weighted by Crippen LogP contribution is -2.32. The van der Waals surface area contributed by atoms with Crippen molar-refractivity contribution in [3.63, 3.8) is 0 Å². The molecule has 0 aromatic rings. The Hall–Kier alpha value is -2.14. The number of esters is 2. The van der Waals surface area contributed by atoms with Crippen LogP contribution in [0.2, 0.25) is 0 Å². The van der Waals surface area contributed by atoms with Crippen molar-refractivity contribution in [3.05, 3.63) is 47.1 Å². The number of ether oxygens (including phenoxy) is 2. The first-order valence-corrected chi connectivity index (χ1v) is 9.51. The average molecular weight is 374 g/mol. The van der Waals surface area contributed by atoms with E-state index in [2.05, 4.69) is 19.6 Å². The second kappa shape index (κ2) is 9.70. The van der Waals surface area contributed by atoms with Crippen molar-refractivity contribution in [2.45, 2.75) is 65.1 Å². The first kappa shape index (κ1) is 21.2. The summed E-state index contributed by atoms with van der Waals surface area (Å²) in [5.74, 6) is -1.06. The van der Waals surface area contributed by atoms with Gasteiger partial charge in [0.15, 0.2) is 0 Å².